The van der Waals surface area contributed by atoms with Gasteiger partial charge in [0.25, 0.3) is 5.91 Å². The van der Waals surface area contributed by atoms with Gasteiger partial charge in [-0.25, -0.2) is 4.39 Å². The lowest BCUT2D eigenvalue weighted by Gasteiger charge is -2.39. The minimum absolute atomic E-state index is 0.0329. The first-order valence-electron chi connectivity index (χ1n) is 7.36. The molecule has 1 aliphatic rings. The number of hydrogen-bond acceptors (Lipinski definition) is 5. The summed E-state index contributed by atoms with van der Waals surface area (Å²) in [4.78, 5) is 13.7. The molecule has 0 radical (unpaired) electrons. The summed E-state index contributed by atoms with van der Waals surface area (Å²) in [7, 11) is 1.56. The molecule has 0 saturated carbocycles. The summed E-state index contributed by atoms with van der Waals surface area (Å²) in [5, 5.41) is 14.3. The molecule has 1 aromatic heterocycles. The SMILES string of the molecule is COCc1cc(C2CN(C(=O)C(O)c3ccc(Cl)cc3F)C2)no1. The van der Waals surface area contributed by atoms with Crippen LogP contribution < -0.4 is 0 Å². The lowest BCUT2D eigenvalue weighted by Crippen LogP contribution is -2.50. The molecule has 1 amide bonds. The number of nitrogens with zero attached hydrogens (tertiary/aromatic N) is 2. The number of likely N-dealkylation sites (tertiary alicyclic amines) is 1. The van der Waals surface area contributed by atoms with Gasteiger partial charge in [-0.1, -0.05) is 22.8 Å². The van der Waals surface area contributed by atoms with Crippen molar-refractivity contribution in [2.75, 3.05) is 20.2 Å². The van der Waals surface area contributed by atoms with Gasteiger partial charge in [-0.3, -0.25) is 4.79 Å². The molecule has 8 heteroatoms. The number of methoxy groups -OCH3 is 1. The Hall–Kier alpha value is -1.96. The van der Waals surface area contributed by atoms with E-state index in [1.165, 1.54) is 17.0 Å². The van der Waals surface area contributed by atoms with E-state index in [-0.39, 0.29) is 16.5 Å². The van der Waals surface area contributed by atoms with Crippen LogP contribution in [0.1, 0.15) is 29.0 Å². The van der Waals surface area contributed by atoms with Gasteiger partial charge in [-0.05, 0) is 12.1 Å². The van der Waals surface area contributed by atoms with Gasteiger partial charge in [0.15, 0.2) is 11.9 Å². The topological polar surface area (TPSA) is 75.8 Å². The third-order valence-electron chi connectivity index (χ3n) is 3.97. The Morgan fingerprint density at radius 3 is 2.96 bits per heavy atom. The van der Waals surface area contributed by atoms with Crippen LogP contribution in [0.5, 0.6) is 0 Å². The predicted octanol–water partition coefficient (Wildman–Crippen LogP) is 2.27. The van der Waals surface area contributed by atoms with E-state index < -0.39 is 17.8 Å². The molecule has 2 aromatic rings. The second-order valence-electron chi connectivity index (χ2n) is 5.66. The molecule has 1 atom stereocenters. The Kier molecular flexibility index (Phi) is 4.84. The summed E-state index contributed by atoms with van der Waals surface area (Å²) in [6.45, 7) is 1.12. The van der Waals surface area contributed by atoms with Crippen molar-refractivity contribution in [1.82, 2.24) is 10.1 Å². The maximum absolute atomic E-state index is 13.8. The first-order chi connectivity index (χ1) is 11.5. The van der Waals surface area contributed by atoms with Crippen molar-refractivity contribution in [3.05, 3.63) is 52.1 Å². The fourth-order valence-corrected chi connectivity index (χ4v) is 2.77. The standard InChI is InChI=1S/C16H16ClFN2O4/c1-23-8-11-5-14(19-24-11)9-6-20(7-9)16(22)15(21)12-3-2-10(17)4-13(12)18/h2-5,9,15,21H,6-8H2,1H3. The minimum Gasteiger partial charge on any atom is -0.378 e. The van der Waals surface area contributed by atoms with Crippen molar-refractivity contribution in [2.45, 2.75) is 18.6 Å². The number of aliphatic hydroxyl groups is 1. The lowest BCUT2D eigenvalue weighted by molar-refractivity contribution is -0.145. The minimum atomic E-state index is -1.55. The molecule has 1 fully saturated rings. The van der Waals surface area contributed by atoms with Crippen LogP contribution in [0.4, 0.5) is 4.39 Å². The highest BCUT2D eigenvalue weighted by molar-refractivity contribution is 6.30. The van der Waals surface area contributed by atoms with E-state index in [4.69, 9.17) is 20.9 Å². The molecule has 6 nitrogen and oxygen atoms in total. The number of ether oxygens (including phenoxy) is 1. The van der Waals surface area contributed by atoms with E-state index in [2.05, 4.69) is 5.16 Å². The highest BCUT2D eigenvalue weighted by Crippen LogP contribution is 2.30. The molecule has 1 aliphatic heterocycles. The van der Waals surface area contributed by atoms with Gasteiger partial charge in [-0.2, -0.15) is 0 Å². The lowest BCUT2D eigenvalue weighted by atomic mass is 9.94. The molecule has 1 saturated heterocycles. The van der Waals surface area contributed by atoms with Crippen LogP contribution in [0, 0.1) is 5.82 Å². The summed E-state index contributed by atoms with van der Waals surface area (Å²) in [6, 6.07) is 5.60. The van der Waals surface area contributed by atoms with Crippen molar-refractivity contribution < 1.29 is 23.6 Å². The van der Waals surface area contributed by atoms with E-state index >= 15 is 0 Å². The Morgan fingerprint density at radius 2 is 2.29 bits per heavy atom. The van der Waals surface area contributed by atoms with Crippen LogP contribution in [-0.2, 0) is 16.1 Å². The fraction of sp³-hybridized carbons (Fsp3) is 0.375. The molecule has 1 aromatic carbocycles. The maximum Gasteiger partial charge on any atom is 0.256 e. The van der Waals surface area contributed by atoms with Crippen LogP contribution in [0.2, 0.25) is 5.02 Å². The third kappa shape index (κ3) is 3.28. The highest BCUT2D eigenvalue weighted by atomic mass is 35.5. The molecule has 24 heavy (non-hydrogen) atoms. The summed E-state index contributed by atoms with van der Waals surface area (Å²) >= 11 is 5.67. The number of aromatic nitrogens is 1. The van der Waals surface area contributed by atoms with Crippen molar-refractivity contribution in [3.8, 4) is 0 Å². The molecule has 0 bridgehead atoms. The number of aliphatic hydroxyl groups excluding tert-OH is 1. The zero-order valence-corrected chi connectivity index (χ0v) is 13.7. The van der Waals surface area contributed by atoms with Gasteiger partial charge in [-0.15, -0.1) is 0 Å². The maximum atomic E-state index is 13.8. The number of carbonyl (C=O) groups is 1. The normalized spacial score (nSPS) is 16.1. The van der Waals surface area contributed by atoms with Crippen molar-refractivity contribution >= 4 is 17.5 Å². The molecule has 2 heterocycles. The number of rotatable bonds is 5. The number of benzene rings is 1. The van der Waals surface area contributed by atoms with E-state index in [9.17, 15) is 14.3 Å². The summed E-state index contributed by atoms with van der Waals surface area (Å²) in [5.41, 5.74) is 0.648. The van der Waals surface area contributed by atoms with Gasteiger partial charge in [0.2, 0.25) is 0 Å². The first kappa shape index (κ1) is 16.9. The average molecular weight is 355 g/mol. The second kappa shape index (κ2) is 6.88. The number of hydrogen-bond donors (Lipinski definition) is 1. The van der Waals surface area contributed by atoms with Gasteiger partial charge in [0, 0.05) is 42.8 Å². The molecule has 1 N–H and O–H groups in total. The number of carbonyl (C=O) groups excluding carboxylic acids is 1. The average Bonchev–Trinajstić information content (AvgIpc) is 2.93. The molecular formula is C16H16ClFN2O4. The third-order valence-corrected chi connectivity index (χ3v) is 4.20. The summed E-state index contributed by atoms with van der Waals surface area (Å²) in [6.07, 6.45) is -1.55. The van der Waals surface area contributed by atoms with E-state index in [1.807, 2.05) is 0 Å². The summed E-state index contributed by atoms with van der Waals surface area (Å²) < 4.78 is 23.9. The smallest absolute Gasteiger partial charge is 0.256 e. The summed E-state index contributed by atoms with van der Waals surface area (Å²) in [5.74, 6) is -0.611. The Bertz CT molecular complexity index is 745. The molecule has 1 unspecified atom stereocenters. The Balaban J connectivity index is 1.61. The second-order valence-corrected chi connectivity index (χ2v) is 6.10. The molecule has 0 spiro atoms. The van der Waals surface area contributed by atoms with E-state index in [0.717, 1.165) is 11.8 Å². The predicted molar refractivity (Wildman–Crippen MR) is 82.9 cm³/mol. The Labute approximate surface area is 142 Å². The van der Waals surface area contributed by atoms with Gasteiger partial charge in [0.1, 0.15) is 12.4 Å². The van der Waals surface area contributed by atoms with Crippen LogP contribution >= 0.6 is 11.6 Å². The van der Waals surface area contributed by atoms with Gasteiger partial charge in [0.05, 0.1) is 5.69 Å². The molecule has 3 rings (SSSR count). The van der Waals surface area contributed by atoms with Gasteiger partial charge >= 0.3 is 0 Å². The zero-order chi connectivity index (χ0) is 17.3. The number of halogens is 2. The molecule has 0 aliphatic carbocycles. The van der Waals surface area contributed by atoms with E-state index in [0.29, 0.717) is 25.5 Å². The fourth-order valence-electron chi connectivity index (χ4n) is 2.61. The first-order valence-corrected chi connectivity index (χ1v) is 7.73. The van der Waals surface area contributed by atoms with Crippen LogP contribution in [0.15, 0.2) is 28.8 Å². The van der Waals surface area contributed by atoms with Crippen molar-refractivity contribution in [1.29, 1.82) is 0 Å². The van der Waals surface area contributed by atoms with Crippen LogP contribution in [-0.4, -0.2) is 41.3 Å². The Morgan fingerprint density at radius 1 is 1.54 bits per heavy atom. The van der Waals surface area contributed by atoms with Gasteiger partial charge < -0.3 is 19.3 Å². The zero-order valence-electron chi connectivity index (χ0n) is 12.9. The number of amides is 1. The molecular weight excluding hydrogens is 339 g/mol. The quantitative estimate of drug-likeness (QED) is 0.891. The largest absolute Gasteiger partial charge is 0.378 e. The van der Waals surface area contributed by atoms with Crippen molar-refractivity contribution in [3.63, 3.8) is 0 Å². The molecule has 128 valence electrons. The highest BCUT2D eigenvalue weighted by Gasteiger charge is 2.37. The van der Waals surface area contributed by atoms with Crippen molar-refractivity contribution in [2.24, 2.45) is 0 Å². The van der Waals surface area contributed by atoms with Crippen LogP contribution in [0.25, 0.3) is 0 Å². The monoisotopic (exact) mass is 354 g/mol. The van der Waals surface area contributed by atoms with Crippen LogP contribution in [0.3, 0.4) is 0 Å². The van der Waals surface area contributed by atoms with E-state index in [1.54, 1.807) is 13.2 Å².